The van der Waals surface area contributed by atoms with Crippen molar-refractivity contribution in [3.63, 3.8) is 0 Å². The maximum Gasteiger partial charge on any atom is 0.309 e. The SMILES string of the molecule is O=C(COC(=O)CC[n+]1cnn[nH]1)Nc1ccc(F)cc1. The zero-order valence-corrected chi connectivity index (χ0v) is 11.0. The summed E-state index contributed by atoms with van der Waals surface area (Å²) in [6, 6.07) is 5.27. The highest BCUT2D eigenvalue weighted by atomic mass is 19.1. The van der Waals surface area contributed by atoms with Gasteiger partial charge in [-0.2, -0.15) is 4.68 Å². The minimum absolute atomic E-state index is 0.0817. The lowest BCUT2D eigenvalue weighted by molar-refractivity contribution is -0.753. The fraction of sp³-hybridized carbons (Fsp3) is 0.250. The van der Waals surface area contributed by atoms with Crippen molar-refractivity contribution in [3.8, 4) is 0 Å². The molecular weight excluding hydrogens is 281 g/mol. The first-order chi connectivity index (χ1) is 10.1. The molecule has 0 aliphatic carbocycles. The number of aromatic amines is 1. The molecule has 1 aromatic carbocycles. The number of benzene rings is 1. The normalized spacial score (nSPS) is 10.1. The van der Waals surface area contributed by atoms with Crippen LogP contribution in [-0.2, 0) is 20.9 Å². The van der Waals surface area contributed by atoms with E-state index in [9.17, 15) is 14.0 Å². The van der Waals surface area contributed by atoms with Gasteiger partial charge in [0.1, 0.15) is 17.5 Å². The third-order valence-corrected chi connectivity index (χ3v) is 2.47. The minimum Gasteiger partial charge on any atom is -0.455 e. The Morgan fingerprint density at radius 3 is 2.76 bits per heavy atom. The summed E-state index contributed by atoms with van der Waals surface area (Å²) in [4.78, 5) is 22.9. The van der Waals surface area contributed by atoms with Gasteiger partial charge in [0.2, 0.25) is 0 Å². The van der Waals surface area contributed by atoms with Gasteiger partial charge < -0.3 is 10.1 Å². The van der Waals surface area contributed by atoms with E-state index in [1.165, 1.54) is 35.3 Å². The Morgan fingerprint density at radius 2 is 2.10 bits per heavy atom. The fourth-order valence-electron chi connectivity index (χ4n) is 1.47. The first-order valence-corrected chi connectivity index (χ1v) is 6.10. The molecule has 0 saturated heterocycles. The lowest BCUT2D eigenvalue weighted by atomic mass is 10.3. The molecule has 1 aromatic heterocycles. The summed E-state index contributed by atoms with van der Waals surface area (Å²) in [6.45, 7) is -0.0759. The van der Waals surface area contributed by atoms with Crippen molar-refractivity contribution in [3.05, 3.63) is 36.4 Å². The molecule has 9 heteroatoms. The Bertz CT molecular complexity index is 600. The summed E-state index contributed by atoms with van der Waals surface area (Å²) >= 11 is 0. The van der Waals surface area contributed by atoms with Gasteiger partial charge in [0.05, 0.1) is 6.42 Å². The Kier molecular flexibility index (Phi) is 4.91. The van der Waals surface area contributed by atoms with Crippen LogP contribution in [0.4, 0.5) is 10.1 Å². The van der Waals surface area contributed by atoms with Crippen LogP contribution in [0.1, 0.15) is 6.42 Å². The Hall–Kier alpha value is -2.84. The monoisotopic (exact) mass is 294 g/mol. The van der Waals surface area contributed by atoms with Crippen molar-refractivity contribution >= 4 is 17.6 Å². The highest BCUT2D eigenvalue weighted by Crippen LogP contribution is 2.07. The molecule has 0 aliphatic heterocycles. The van der Waals surface area contributed by atoms with Gasteiger partial charge in [-0.1, -0.05) is 5.21 Å². The van der Waals surface area contributed by atoms with Crippen LogP contribution in [0.5, 0.6) is 0 Å². The number of esters is 1. The molecule has 2 N–H and O–H groups in total. The number of tetrazole rings is 1. The average molecular weight is 294 g/mol. The van der Waals surface area contributed by atoms with E-state index in [0.717, 1.165) is 0 Å². The number of carbonyl (C=O) groups is 2. The van der Waals surface area contributed by atoms with Crippen molar-refractivity contribution < 1.29 is 23.4 Å². The molecule has 1 amide bonds. The number of hydrogen-bond acceptors (Lipinski definition) is 5. The second kappa shape index (κ2) is 7.08. The molecule has 0 atom stereocenters. The lowest BCUT2D eigenvalue weighted by Crippen LogP contribution is -2.36. The quantitative estimate of drug-likeness (QED) is 0.568. The zero-order valence-electron chi connectivity index (χ0n) is 11.0. The van der Waals surface area contributed by atoms with Gasteiger partial charge in [-0.3, -0.25) is 9.59 Å². The molecule has 2 aromatic rings. The smallest absolute Gasteiger partial charge is 0.309 e. The zero-order chi connectivity index (χ0) is 15.1. The Labute approximate surface area is 118 Å². The van der Waals surface area contributed by atoms with E-state index in [-0.39, 0.29) is 6.42 Å². The topological polar surface area (TPSA) is 101 Å². The number of aryl methyl sites for hydroxylation is 1. The van der Waals surface area contributed by atoms with Gasteiger partial charge in [-0.25, -0.2) is 4.39 Å². The number of amides is 1. The maximum absolute atomic E-state index is 12.7. The van der Waals surface area contributed by atoms with Gasteiger partial charge in [0.15, 0.2) is 11.8 Å². The van der Waals surface area contributed by atoms with E-state index in [0.29, 0.717) is 12.2 Å². The number of aromatic nitrogens is 4. The van der Waals surface area contributed by atoms with Crippen LogP contribution in [0.2, 0.25) is 0 Å². The van der Waals surface area contributed by atoms with Crippen molar-refractivity contribution in [1.82, 2.24) is 15.5 Å². The Balaban J connectivity index is 1.68. The summed E-state index contributed by atoms with van der Waals surface area (Å²) in [7, 11) is 0. The van der Waals surface area contributed by atoms with Gasteiger partial charge in [0, 0.05) is 5.69 Å². The molecule has 21 heavy (non-hydrogen) atoms. The highest BCUT2D eigenvalue weighted by molar-refractivity contribution is 5.92. The summed E-state index contributed by atoms with van der Waals surface area (Å²) in [5.41, 5.74) is 0.427. The predicted molar refractivity (Wildman–Crippen MR) is 67.2 cm³/mol. The molecule has 2 rings (SSSR count). The molecule has 0 unspecified atom stereocenters. The van der Waals surface area contributed by atoms with Crippen LogP contribution in [0, 0.1) is 5.82 Å². The molecule has 0 radical (unpaired) electrons. The van der Waals surface area contributed by atoms with E-state index in [1.807, 2.05) is 0 Å². The van der Waals surface area contributed by atoms with Gasteiger partial charge >= 0.3 is 5.97 Å². The van der Waals surface area contributed by atoms with Gasteiger partial charge in [0.25, 0.3) is 12.2 Å². The van der Waals surface area contributed by atoms with Crippen molar-refractivity contribution in [1.29, 1.82) is 0 Å². The number of nitrogens with zero attached hydrogens (tertiary/aromatic N) is 3. The van der Waals surface area contributed by atoms with Crippen LogP contribution >= 0.6 is 0 Å². The second-order valence-corrected chi connectivity index (χ2v) is 4.09. The first kappa shape index (κ1) is 14.6. The summed E-state index contributed by atoms with van der Waals surface area (Å²) < 4.78 is 19.0. The molecule has 0 aliphatic rings. The highest BCUT2D eigenvalue weighted by Gasteiger charge is 2.10. The van der Waals surface area contributed by atoms with Crippen LogP contribution < -0.4 is 10.00 Å². The van der Waals surface area contributed by atoms with Crippen molar-refractivity contribution in [2.75, 3.05) is 11.9 Å². The largest absolute Gasteiger partial charge is 0.455 e. The van der Waals surface area contributed by atoms with Crippen molar-refractivity contribution in [2.24, 2.45) is 0 Å². The summed E-state index contributed by atoms with van der Waals surface area (Å²) in [5, 5.41) is 12.0. The summed E-state index contributed by atoms with van der Waals surface area (Å²) in [5.74, 6) is -1.41. The number of H-pyrrole nitrogens is 1. The van der Waals surface area contributed by atoms with E-state index in [1.54, 1.807) is 0 Å². The third kappa shape index (κ3) is 4.97. The molecule has 0 spiro atoms. The molecule has 1 heterocycles. The standard InChI is InChI=1S/C12H12FN5O3/c13-9-1-3-10(4-2-9)15-11(19)7-21-12(20)5-6-18-8-14-16-17-18/h1-4,8H,5-7H2,(H,15,19)/p+1. The van der Waals surface area contributed by atoms with E-state index in [2.05, 4.69) is 20.8 Å². The molecule has 0 saturated carbocycles. The molecular formula is C12H13FN5O3+. The number of nitrogens with one attached hydrogen (secondary N) is 2. The third-order valence-electron chi connectivity index (χ3n) is 2.47. The first-order valence-electron chi connectivity index (χ1n) is 6.10. The predicted octanol–water partition coefficient (Wildman–Crippen LogP) is -0.197. The fourth-order valence-corrected chi connectivity index (χ4v) is 1.47. The maximum atomic E-state index is 12.7. The van der Waals surface area contributed by atoms with Crippen LogP contribution in [0.25, 0.3) is 0 Å². The van der Waals surface area contributed by atoms with Crippen LogP contribution in [0.3, 0.4) is 0 Å². The van der Waals surface area contributed by atoms with Gasteiger partial charge in [-0.05, 0) is 24.3 Å². The second-order valence-electron chi connectivity index (χ2n) is 4.09. The number of carbonyl (C=O) groups excluding carboxylic acids is 2. The van der Waals surface area contributed by atoms with Crippen LogP contribution in [-0.4, -0.2) is 34.0 Å². The summed E-state index contributed by atoms with van der Waals surface area (Å²) in [6.07, 6.45) is 1.51. The van der Waals surface area contributed by atoms with Gasteiger partial charge in [-0.15, -0.1) is 0 Å². The minimum atomic E-state index is -0.522. The van der Waals surface area contributed by atoms with Crippen LogP contribution in [0.15, 0.2) is 30.6 Å². The number of anilines is 1. The van der Waals surface area contributed by atoms with E-state index >= 15 is 0 Å². The number of hydrogen-bond donors (Lipinski definition) is 2. The molecule has 0 bridgehead atoms. The van der Waals surface area contributed by atoms with Crippen molar-refractivity contribution in [2.45, 2.75) is 13.0 Å². The Morgan fingerprint density at radius 1 is 1.33 bits per heavy atom. The molecule has 0 fully saturated rings. The lowest BCUT2D eigenvalue weighted by Gasteiger charge is -2.06. The number of ether oxygens (including phenoxy) is 1. The van der Waals surface area contributed by atoms with E-state index in [4.69, 9.17) is 4.74 Å². The molecule has 110 valence electrons. The molecule has 8 nitrogen and oxygen atoms in total. The number of rotatable bonds is 6. The number of halogens is 1. The average Bonchev–Trinajstić information content (AvgIpc) is 2.99. The van der Waals surface area contributed by atoms with E-state index < -0.39 is 24.3 Å².